The molecule has 0 saturated carbocycles. The summed E-state index contributed by atoms with van der Waals surface area (Å²) in [5, 5.41) is 18.6. The summed E-state index contributed by atoms with van der Waals surface area (Å²) in [6.45, 7) is 0.304. The minimum absolute atomic E-state index is 0.304. The molecule has 0 radical (unpaired) electrons. The molecule has 0 heterocycles. The number of carboxylic acids is 1. The number of benzene rings is 2. The Morgan fingerprint density at radius 1 is 1.19 bits per heavy atom. The maximum absolute atomic E-state index is 11.5. The lowest BCUT2D eigenvalue weighted by Gasteiger charge is -2.24. The quantitative estimate of drug-likeness (QED) is 0.914. The molecule has 0 aliphatic rings. The molecule has 4 nitrogen and oxygen atoms in total. The standard InChI is InChI=1S/C17H16N2O2/c1-19(16-10-6-5-9-14(16)11-18)12-15(17(20)21)13-7-3-2-4-8-13/h2-10,15H,12H2,1H3,(H,20,21). The highest BCUT2D eigenvalue weighted by Crippen LogP contribution is 2.23. The minimum atomic E-state index is -0.873. The van der Waals surface area contributed by atoms with E-state index < -0.39 is 11.9 Å². The molecule has 0 amide bonds. The molecule has 4 heteroatoms. The van der Waals surface area contributed by atoms with Gasteiger partial charge in [-0.2, -0.15) is 5.26 Å². The Labute approximate surface area is 123 Å². The smallest absolute Gasteiger partial charge is 0.312 e. The van der Waals surface area contributed by atoms with Crippen LogP contribution in [0.3, 0.4) is 0 Å². The first kappa shape index (κ1) is 14.6. The van der Waals surface area contributed by atoms with E-state index in [1.165, 1.54) is 0 Å². The summed E-state index contributed by atoms with van der Waals surface area (Å²) in [5.41, 5.74) is 2.03. The molecule has 0 aliphatic carbocycles. The maximum atomic E-state index is 11.5. The monoisotopic (exact) mass is 280 g/mol. The van der Waals surface area contributed by atoms with Crippen molar-refractivity contribution in [1.29, 1.82) is 5.26 Å². The van der Waals surface area contributed by atoms with Crippen LogP contribution in [0.4, 0.5) is 5.69 Å². The van der Waals surface area contributed by atoms with Gasteiger partial charge in [-0.3, -0.25) is 4.79 Å². The average Bonchev–Trinajstić information content (AvgIpc) is 2.52. The third kappa shape index (κ3) is 3.40. The second kappa shape index (κ2) is 6.58. The van der Waals surface area contributed by atoms with Gasteiger partial charge in [0.1, 0.15) is 6.07 Å². The SMILES string of the molecule is CN(CC(C(=O)O)c1ccccc1)c1ccccc1C#N. The third-order valence-corrected chi connectivity index (χ3v) is 3.39. The van der Waals surface area contributed by atoms with Crippen LogP contribution in [-0.2, 0) is 4.79 Å². The van der Waals surface area contributed by atoms with Gasteiger partial charge in [-0.15, -0.1) is 0 Å². The minimum Gasteiger partial charge on any atom is -0.481 e. The van der Waals surface area contributed by atoms with E-state index in [1.807, 2.05) is 47.4 Å². The molecule has 0 saturated heterocycles. The first-order chi connectivity index (χ1) is 10.1. The van der Waals surface area contributed by atoms with Crippen LogP contribution in [0.15, 0.2) is 54.6 Å². The zero-order valence-electron chi connectivity index (χ0n) is 11.7. The summed E-state index contributed by atoms with van der Waals surface area (Å²) in [4.78, 5) is 13.3. The number of hydrogen-bond acceptors (Lipinski definition) is 3. The Kier molecular flexibility index (Phi) is 4.57. The van der Waals surface area contributed by atoms with Crippen LogP contribution in [0.5, 0.6) is 0 Å². The van der Waals surface area contributed by atoms with Crippen LogP contribution in [0.1, 0.15) is 17.0 Å². The van der Waals surface area contributed by atoms with Crippen molar-refractivity contribution in [2.24, 2.45) is 0 Å². The van der Waals surface area contributed by atoms with E-state index in [0.717, 1.165) is 11.3 Å². The summed E-state index contributed by atoms with van der Waals surface area (Å²) in [6, 6.07) is 18.4. The van der Waals surface area contributed by atoms with Gasteiger partial charge in [0.15, 0.2) is 0 Å². The molecule has 21 heavy (non-hydrogen) atoms. The fraction of sp³-hybridized carbons (Fsp3) is 0.176. The normalized spacial score (nSPS) is 11.4. The first-order valence-electron chi connectivity index (χ1n) is 6.61. The maximum Gasteiger partial charge on any atom is 0.312 e. The van der Waals surface area contributed by atoms with Crippen molar-refractivity contribution in [3.63, 3.8) is 0 Å². The largest absolute Gasteiger partial charge is 0.481 e. The molecule has 0 fully saturated rings. The van der Waals surface area contributed by atoms with E-state index in [4.69, 9.17) is 5.26 Å². The molecule has 0 bridgehead atoms. The lowest BCUT2D eigenvalue weighted by Crippen LogP contribution is -2.29. The van der Waals surface area contributed by atoms with Gasteiger partial charge in [0.25, 0.3) is 0 Å². The summed E-state index contributed by atoms with van der Waals surface area (Å²) < 4.78 is 0. The average molecular weight is 280 g/mol. The van der Waals surface area contributed by atoms with Crippen LogP contribution < -0.4 is 4.90 Å². The Balaban J connectivity index is 2.26. The number of likely N-dealkylation sites (N-methyl/N-ethyl adjacent to an activating group) is 1. The highest BCUT2D eigenvalue weighted by Gasteiger charge is 2.22. The van der Waals surface area contributed by atoms with E-state index in [9.17, 15) is 9.90 Å². The summed E-state index contributed by atoms with van der Waals surface area (Å²) >= 11 is 0. The van der Waals surface area contributed by atoms with Crippen molar-refractivity contribution < 1.29 is 9.90 Å². The Morgan fingerprint density at radius 2 is 1.81 bits per heavy atom. The van der Waals surface area contributed by atoms with Gasteiger partial charge in [-0.1, -0.05) is 42.5 Å². The number of hydrogen-bond donors (Lipinski definition) is 1. The summed E-state index contributed by atoms with van der Waals surface area (Å²) in [7, 11) is 1.80. The highest BCUT2D eigenvalue weighted by molar-refractivity contribution is 5.77. The van der Waals surface area contributed by atoms with Crippen LogP contribution in [0.25, 0.3) is 0 Å². The van der Waals surface area contributed by atoms with Crippen molar-refractivity contribution in [1.82, 2.24) is 0 Å². The summed E-state index contributed by atoms with van der Waals surface area (Å²) in [5.74, 6) is -1.51. The molecule has 0 aliphatic heterocycles. The van der Waals surface area contributed by atoms with Gasteiger partial charge in [-0.25, -0.2) is 0 Å². The van der Waals surface area contributed by atoms with E-state index in [0.29, 0.717) is 12.1 Å². The van der Waals surface area contributed by atoms with Gasteiger partial charge in [0, 0.05) is 13.6 Å². The van der Waals surface area contributed by atoms with Gasteiger partial charge in [0.05, 0.1) is 17.2 Å². The zero-order chi connectivity index (χ0) is 15.2. The Hall–Kier alpha value is -2.80. The molecule has 1 atom stereocenters. The van der Waals surface area contributed by atoms with Crippen LogP contribution in [0.2, 0.25) is 0 Å². The predicted octanol–water partition coefficient (Wildman–Crippen LogP) is 2.86. The predicted molar refractivity (Wildman–Crippen MR) is 81.2 cm³/mol. The molecule has 2 aromatic carbocycles. The lowest BCUT2D eigenvalue weighted by atomic mass is 9.98. The first-order valence-corrected chi connectivity index (χ1v) is 6.61. The number of para-hydroxylation sites is 1. The van der Waals surface area contributed by atoms with Gasteiger partial charge >= 0.3 is 5.97 Å². The van der Waals surface area contributed by atoms with Crippen LogP contribution in [-0.4, -0.2) is 24.7 Å². The second-order valence-corrected chi connectivity index (χ2v) is 4.81. The molecule has 1 N–H and O–H groups in total. The molecule has 0 spiro atoms. The number of nitriles is 1. The molecule has 0 aromatic heterocycles. The number of carboxylic acid groups (broad SMARTS) is 1. The Morgan fingerprint density at radius 3 is 2.43 bits per heavy atom. The zero-order valence-corrected chi connectivity index (χ0v) is 11.7. The number of anilines is 1. The molecule has 106 valence electrons. The number of nitrogens with zero attached hydrogens (tertiary/aromatic N) is 2. The number of aliphatic carboxylic acids is 1. The molecule has 2 rings (SSSR count). The topological polar surface area (TPSA) is 64.3 Å². The van der Waals surface area contributed by atoms with E-state index in [1.54, 1.807) is 19.2 Å². The molecule has 1 unspecified atom stereocenters. The highest BCUT2D eigenvalue weighted by atomic mass is 16.4. The number of rotatable bonds is 5. The van der Waals surface area contributed by atoms with Crippen molar-refractivity contribution >= 4 is 11.7 Å². The molecular formula is C17H16N2O2. The fourth-order valence-corrected chi connectivity index (χ4v) is 2.28. The summed E-state index contributed by atoms with van der Waals surface area (Å²) in [6.07, 6.45) is 0. The van der Waals surface area contributed by atoms with Gasteiger partial charge < -0.3 is 10.0 Å². The van der Waals surface area contributed by atoms with E-state index >= 15 is 0 Å². The van der Waals surface area contributed by atoms with Gasteiger partial charge in [-0.05, 0) is 17.7 Å². The number of carbonyl (C=O) groups is 1. The lowest BCUT2D eigenvalue weighted by molar-refractivity contribution is -0.138. The second-order valence-electron chi connectivity index (χ2n) is 4.81. The molecule has 2 aromatic rings. The van der Waals surface area contributed by atoms with Crippen molar-refractivity contribution in [2.75, 3.05) is 18.5 Å². The van der Waals surface area contributed by atoms with E-state index in [-0.39, 0.29) is 0 Å². The van der Waals surface area contributed by atoms with Crippen LogP contribution in [0, 0.1) is 11.3 Å². The van der Waals surface area contributed by atoms with Crippen molar-refractivity contribution in [2.45, 2.75) is 5.92 Å². The fourth-order valence-electron chi connectivity index (χ4n) is 2.28. The molecular weight excluding hydrogens is 264 g/mol. The van der Waals surface area contributed by atoms with Crippen molar-refractivity contribution in [3.8, 4) is 6.07 Å². The van der Waals surface area contributed by atoms with Crippen LogP contribution >= 0.6 is 0 Å². The van der Waals surface area contributed by atoms with E-state index in [2.05, 4.69) is 6.07 Å². The Bertz CT molecular complexity index is 662. The van der Waals surface area contributed by atoms with Crippen molar-refractivity contribution in [3.05, 3.63) is 65.7 Å². The third-order valence-electron chi connectivity index (χ3n) is 3.39. The van der Waals surface area contributed by atoms with Gasteiger partial charge in [0.2, 0.25) is 0 Å².